The van der Waals surface area contributed by atoms with Crippen LogP contribution in [-0.2, 0) is 4.79 Å². The number of aryl methyl sites for hydroxylation is 1. The number of rotatable bonds is 8. The Morgan fingerprint density at radius 1 is 1.22 bits per heavy atom. The molecule has 6 heteroatoms. The number of thiophene rings is 1. The molecule has 0 radical (unpaired) electrons. The molecule has 0 aliphatic rings. The highest BCUT2D eigenvalue weighted by Gasteiger charge is 2.13. The van der Waals surface area contributed by atoms with Crippen molar-refractivity contribution in [2.45, 2.75) is 20.0 Å². The van der Waals surface area contributed by atoms with E-state index in [4.69, 9.17) is 9.47 Å². The van der Waals surface area contributed by atoms with Gasteiger partial charge in [0.2, 0.25) is 0 Å². The number of carbonyl (C=O) groups excluding carboxylic acids is 1. The molecule has 124 valence electrons. The number of amides is 1. The molecule has 0 bridgehead atoms. The molecule has 1 amide bonds. The molecule has 1 atom stereocenters. The van der Waals surface area contributed by atoms with Crippen molar-refractivity contribution in [1.29, 1.82) is 0 Å². The Kier molecular flexibility index (Phi) is 6.43. The SMILES string of the molecule is CCOc1ccc(OCC(=O)NCC(O)c2sccc2C)cc1. The smallest absolute Gasteiger partial charge is 0.258 e. The third-order valence-electron chi connectivity index (χ3n) is 3.20. The van der Waals surface area contributed by atoms with Crippen LogP contribution >= 0.6 is 11.3 Å². The van der Waals surface area contributed by atoms with Crippen LogP contribution in [0.4, 0.5) is 0 Å². The highest BCUT2D eigenvalue weighted by Crippen LogP contribution is 2.23. The van der Waals surface area contributed by atoms with Crippen molar-refractivity contribution in [3.8, 4) is 11.5 Å². The molecule has 1 aromatic heterocycles. The number of carbonyl (C=O) groups is 1. The Balaban J connectivity index is 1.73. The molecule has 0 saturated carbocycles. The number of hydrogen-bond acceptors (Lipinski definition) is 5. The van der Waals surface area contributed by atoms with E-state index in [9.17, 15) is 9.90 Å². The molecule has 2 N–H and O–H groups in total. The van der Waals surface area contributed by atoms with Crippen LogP contribution in [-0.4, -0.2) is 30.8 Å². The number of ether oxygens (including phenoxy) is 2. The fraction of sp³-hybridized carbons (Fsp3) is 0.353. The second-order valence-electron chi connectivity index (χ2n) is 4.98. The Bertz CT molecular complexity index is 624. The summed E-state index contributed by atoms with van der Waals surface area (Å²) < 4.78 is 10.7. The van der Waals surface area contributed by atoms with Gasteiger partial charge in [-0.25, -0.2) is 0 Å². The number of aliphatic hydroxyl groups excluding tert-OH is 1. The Labute approximate surface area is 139 Å². The normalized spacial score (nSPS) is 11.8. The summed E-state index contributed by atoms with van der Waals surface area (Å²) in [7, 11) is 0. The molecule has 5 nitrogen and oxygen atoms in total. The van der Waals surface area contributed by atoms with E-state index in [1.165, 1.54) is 11.3 Å². The first-order chi connectivity index (χ1) is 11.1. The van der Waals surface area contributed by atoms with Gasteiger partial charge in [-0.05, 0) is 55.1 Å². The summed E-state index contributed by atoms with van der Waals surface area (Å²) in [5.74, 6) is 1.09. The average Bonchev–Trinajstić information content (AvgIpc) is 2.98. The molecular formula is C17H21NO4S. The molecule has 23 heavy (non-hydrogen) atoms. The van der Waals surface area contributed by atoms with Gasteiger partial charge < -0.3 is 19.9 Å². The van der Waals surface area contributed by atoms with E-state index in [1.54, 1.807) is 24.3 Å². The lowest BCUT2D eigenvalue weighted by Crippen LogP contribution is -2.32. The summed E-state index contributed by atoms with van der Waals surface area (Å²) >= 11 is 1.48. The minimum absolute atomic E-state index is 0.0931. The van der Waals surface area contributed by atoms with Crippen LogP contribution in [0.5, 0.6) is 11.5 Å². The standard InChI is InChI=1S/C17H21NO4S/c1-3-21-13-4-6-14(7-5-13)22-11-16(20)18-10-15(19)17-12(2)8-9-23-17/h4-9,15,19H,3,10-11H2,1-2H3,(H,18,20). The van der Waals surface area contributed by atoms with Crippen LogP contribution in [0.15, 0.2) is 35.7 Å². The van der Waals surface area contributed by atoms with Crippen LogP contribution in [0, 0.1) is 6.92 Å². The Morgan fingerprint density at radius 2 is 1.87 bits per heavy atom. The summed E-state index contributed by atoms with van der Waals surface area (Å²) in [5, 5.41) is 14.6. The lowest BCUT2D eigenvalue weighted by molar-refractivity contribution is -0.123. The molecule has 1 unspecified atom stereocenters. The van der Waals surface area contributed by atoms with E-state index in [0.29, 0.717) is 12.4 Å². The van der Waals surface area contributed by atoms with Crippen molar-refractivity contribution >= 4 is 17.2 Å². The van der Waals surface area contributed by atoms with Crippen LogP contribution in [0.3, 0.4) is 0 Å². The lowest BCUT2D eigenvalue weighted by atomic mass is 10.2. The van der Waals surface area contributed by atoms with Crippen molar-refractivity contribution < 1.29 is 19.4 Å². The highest BCUT2D eigenvalue weighted by atomic mass is 32.1. The van der Waals surface area contributed by atoms with Crippen LogP contribution in [0.1, 0.15) is 23.5 Å². The maximum Gasteiger partial charge on any atom is 0.258 e. The van der Waals surface area contributed by atoms with Gasteiger partial charge in [-0.15, -0.1) is 11.3 Å². The number of benzene rings is 1. The summed E-state index contributed by atoms with van der Waals surface area (Å²) in [5.41, 5.74) is 1.03. The lowest BCUT2D eigenvalue weighted by Gasteiger charge is -2.12. The summed E-state index contributed by atoms with van der Waals surface area (Å²) in [6, 6.07) is 9.03. The molecule has 0 spiro atoms. The molecule has 1 aromatic carbocycles. The van der Waals surface area contributed by atoms with Gasteiger partial charge in [0.25, 0.3) is 5.91 Å². The molecular weight excluding hydrogens is 314 g/mol. The van der Waals surface area contributed by atoms with E-state index >= 15 is 0 Å². The average molecular weight is 335 g/mol. The Hall–Kier alpha value is -2.05. The van der Waals surface area contributed by atoms with Gasteiger partial charge in [-0.2, -0.15) is 0 Å². The molecule has 0 saturated heterocycles. The first kappa shape index (κ1) is 17.3. The Morgan fingerprint density at radius 3 is 2.43 bits per heavy atom. The van der Waals surface area contributed by atoms with Crippen LogP contribution in [0.25, 0.3) is 0 Å². The largest absolute Gasteiger partial charge is 0.494 e. The quantitative estimate of drug-likeness (QED) is 0.778. The topological polar surface area (TPSA) is 67.8 Å². The van der Waals surface area contributed by atoms with E-state index in [1.807, 2.05) is 25.3 Å². The monoisotopic (exact) mass is 335 g/mol. The van der Waals surface area contributed by atoms with Gasteiger partial charge in [-0.1, -0.05) is 0 Å². The summed E-state index contributed by atoms with van der Waals surface area (Å²) in [6.07, 6.45) is -0.690. The van der Waals surface area contributed by atoms with E-state index in [2.05, 4.69) is 5.32 Å². The van der Waals surface area contributed by atoms with Crippen molar-refractivity contribution in [3.05, 3.63) is 46.2 Å². The maximum absolute atomic E-state index is 11.8. The number of nitrogens with one attached hydrogen (secondary N) is 1. The van der Waals surface area contributed by atoms with Crippen molar-refractivity contribution in [2.75, 3.05) is 19.8 Å². The van der Waals surface area contributed by atoms with E-state index in [0.717, 1.165) is 16.2 Å². The third kappa shape index (κ3) is 5.26. The minimum atomic E-state index is -0.690. The van der Waals surface area contributed by atoms with Gasteiger partial charge in [0.1, 0.15) is 17.6 Å². The van der Waals surface area contributed by atoms with Crippen molar-refractivity contribution in [3.63, 3.8) is 0 Å². The number of aliphatic hydroxyl groups is 1. The van der Waals surface area contributed by atoms with Gasteiger partial charge in [0, 0.05) is 11.4 Å². The summed E-state index contributed by atoms with van der Waals surface area (Å²) in [6.45, 7) is 4.54. The molecule has 2 rings (SSSR count). The molecule has 1 heterocycles. The van der Waals surface area contributed by atoms with Crippen LogP contribution < -0.4 is 14.8 Å². The fourth-order valence-corrected chi connectivity index (χ4v) is 2.94. The summed E-state index contributed by atoms with van der Waals surface area (Å²) in [4.78, 5) is 12.6. The second-order valence-corrected chi connectivity index (χ2v) is 5.93. The highest BCUT2D eigenvalue weighted by molar-refractivity contribution is 7.10. The zero-order chi connectivity index (χ0) is 16.7. The predicted molar refractivity (Wildman–Crippen MR) is 90.1 cm³/mol. The fourth-order valence-electron chi connectivity index (χ4n) is 2.03. The third-order valence-corrected chi connectivity index (χ3v) is 4.32. The molecule has 0 fully saturated rings. The van der Waals surface area contributed by atoms with Gasteiger partial charge in [-0.3, -0.25) is 4.79 Å². The zero-order valence-corrected chi connectivity index (χ0v) is 14.1. The first-order valence-electron chi connectivity index (χ1n) is 7.44. The van der Waals surface area contributed by atoms with Gasteiger partial charge in [0.05, 0.1) is 6.61 Å². The maximum atomic E-state index is 11.8. The molecule has 0 aliphatic heterocycles. The predicted octanol–water partition coefficient (Wildman–Crippen LogP) is 2.68. The minimum Gasteiger partial charge on any atom is -0.494 e. The first-order valence-corrected chi connectivity index (χ1v) is 8.32. The van der Waals surface area contributed by atoms with Gasteiger partial charge in [0.15, 0.2) is 6.61 Å². The number of hydrogen-bond donors (Lipinski definition) is 2. The molecule has 0 aliphatic carbocycles. The van der Waals surface area contributed by atoms with Crippen molar-refractivity contribution in [2.24, 2.45) is 0 Å². The second kappa shape index (κ2) is 8.55. The van der Waals surface area contributed by atoms with Crippen LogP contribution in [0.2, 0.25) is 0 Å². The zero-order valence-electron chi connectivity index (χ0n) is 13.2. The van der Waals surface area contributed by atoms with E-state index in [-0.39, 0.29) is 19.1 Å². The van der Waals surface area contributed by atoms with Gasteiger partial charge >= 0.3 is 0 Å². The van der Waals surface area contributed by atoms with E-state index < -0.39 is 6.10 Å². The molecule has 2 aromatic rings. The van der Waals surface area contributed by atoms with Crippen molar-refractivity contribution in [1.82, 2.24) is 5.32 Å².